The molecule has 0 bridgehead atoms. The zero-order valence-electron chi connectivity index (χ0n) is 18.4. The number of carbonyl (C=O) groups is 2. The lowest BCUT2D eigenvalue weighted by Gasteiger charge is -2.26. The number of Topliss-reactive ketones (excluding diaryl/α,β-unsaturated/α-hetero) is 1. The molecule has 3 aromatic rings. The number of carbonyl (C=O) groups excluding carboxylic acids is 2. The highest BCUT2D eigenvalue weighted by molar-refractivity contribution is 6.51. The largest absolute Gasteiger partial charge is 0.507 e. The van der Waals surface area contributed by atoms with Gasteiger partial charge in [0, 0.05) is 23.6 Å². The van der Waals surface area contributed by atoms with Gasteiger partial charge in [-0.15, -0.1) is 0 Å². The van der Waals surface area contributed by atoms with Crippen molar-refractivity contribution in [1.82, 2.24) is 4.98 Å². The Bertz CT molecular complexity index is 1250. The van der Waals surface area contributed by atoms with E-state index >= 15 is 0 Å². The molecule has 6 nitrogen and oxygen atoms in total. The van der Waals surface area contributed by atoms with E-state index in [4.69, 9.17) is 4.74 Å². The van der Waals surface area contributed by atoms with E-state index in [-0.39, 0.29) is 11.3 Å². The molecule has 1 amide bonds. The number of aryl methyl sites for hydroxylation is 3. The zero-order chi connectivity index (χ0) is 23.0. The van der Waals surface area contributed by atoms with Crippen molar-refractivity contribution in [3.8, 4) is 5.75 Å². The van der Waals surface area contributed by atoms with Crippen molar-refractivity contribution >= 4 is 23.1 Å². The summed E-state index contributed by atoms with van der Waals surface area (Å²) >= 11 is 0. The van der Waals surface area contributed by atoms with E-state index in [1.54, 1.807) is 49.8 Å². The number of aliphatic hydroxyl groups is 1. The third-order valence-corrected chi connectivity index (χ3v) is 5.92. The highest BCUT2D eigenvalue weighted by Gasteiger charge is 2.47. The van der Waals surface area contributed by atoms with E-state index in [1.807, 2.05) is 39.0 Å². The smallest absolute Gasteiger partial charge is 0.300 e. The molecule has 0 spiro atoms. The third kappa shape index (κ3) is 3.54. The van der Waals surface area contributed by atoms with Gasteiger partial charge in [-0.1, -0.05) is 6.07 Å². The second-order valence-corrected chi connectivity index (χ2v) is 7.90. The van der Waals surface area contributed by atoms with Crippen molar-refractivity contribution in [2.75, 3.05) is 12.0 Å². The van der Waals surface area contributed by atoms with Crippen molar-refractivity contribution in [3.05, 3.63) is 94.3 Å². The van der Waals surface area contributed by atoms with Crippen LogP contribution in [0.15, 0.2) is 66.5 Å². The number of aromatic nitrogens is 1. The molecule has 1 aliphatic rings. The molecule has 2 heterocycles. The molecule has 1 atom stereocenters. The lowest BCUT2D eigenvalue weighted by atomic mass is 9.94. The van der Waals surface area contributed by atoms with E-state index in [0.29, 0.717) is 22.6 Å². The Hall–Kier alpha value is -3.93. The van der Waals surface area contributed by atoms with Crippen molar-refractivity contribution in [1.29, 1.82) is 0 Å². The molecule has 0 saturated carbocycles. The average molecular weight is 428 g/mol. The third-order valence-electron chi connectivity index (χ3n) is 5.92. The molecule has 1 aromatic heterocycles. The first-order valence-corrected chi connectivity index (χ1v) is 10.3. The number of nitrogens with zero attached hydrogens (tertiary/aromatic N) is 2. The molecule has 4 rings (SSSR count). The van der Waals surface area contributed by atoms with Gasteiger partial charge in [-0.05, 0) is 85.5 Å². The molecule has 0 radical (unpaired) electrons. The number of benzene rings is 2. The summed E-state index contributed by atoms with van der Waals surface area (Å²) in [6.07, 6.45) is 3.21. The molecule has 162 valence electrons. The molecule has 2 aromatic carbocycles. The van der Waals surface area contributed by atoms with Crippen LogP contribution in [-0.4, -0.2) is 28.9 Å². The van der Waals surface area contributed by atoms with Gasteiger partial charge in [-0.25, -0.2) is 0 Å². The van der Waals surface area contributed by atoms with Crippen LogP contribution in [-0.2, 0) is 9.59 Å². The van der Waals surface area contributed by atoms with Gasteiger partial charge in [0.1, 0.15) is 11.5 Å². The number of amides is 1. The SMILES string of the molecule is COc1ccc(/C(O)=C2/C(=O)C(=O)N(c3ccc(C)c(C)c3)C2c2ccncc2)c(C)c1. The Balaban J connectivity index is 1.95. The van der Waals surface area contributed by atoms with Crippen LogP contribution in [0.1, 0.15) is 33.9 Å². The van der Waals surface area contributed by atoms with Crippen LogP contribution in [0.2, 0.25) is 0 Å². The van der Waals surface area contributed by atoms with Crippen LogP contribution in [0.3, 0.4) is 0 Å². The van der Waals surface area contributed by atoms with Crippen LogP contribution in [0.25, 0.3) is 5.76 Å². The lowest BCUT2D eigenvalue weighted by Crippen LogP contribution is -2.29. The number of pyridine rings is 1. The number of rotatable bonds is 4. The fraction of sp³-hybridized carbons (Fsp3) is 0.192. The highest BCUT2D eigenvalue weighted by atomic mass is 16.5. The van der Waals surface area contributed by atoms with Gasteiger partial charge < -0.3 is 9.84 Å². The first kappa shape index (κ1) is 21.3. The van der Waals surface area contributed by atoms with Crippen LogP contribution in [0.4, 0.5) is 5.69 Å². The van der Waals surface area contributed by atoms with Gasteiger partial charge in [0.05, 0.1) is 18.7 Å². The molecular weight excluding hydrogens is 404 g/mol. The maximum Gasteiger partial charge on any atom is 0.300 e. The van der Waals surface area contributed by atoms with E-state index in [0.717, 1.165) is 16.7 Å². The number of ketones is 1. The van der Waals surface area contributed by atoms with Crippen LogP contribution < -0.4 is 9.64 Å². The number of ether oxygens (including phenoxy) is 1. The summed E-state index contributed by atoms with van der Waals surface area (Å²) in [5.41, 5.74) is 4.62. The molecule has 32 heavy (non-hydrogen) atoms. The van der Waals surface area contributed by atoms with Crippen molar-refractivity contribution < 1.29 is 19.4 Å². The fourth-order valence-corrected chi connectivity index (χ4v) is 4.01. The maximum absolute atomic E-state index is 13.2. The van der Waals surface area contributed by atoms with Gasteiger partial charge in [0.25, 0.3) is 11.7 Å². The molecule has 1 fully saturated rings. The van der Waals surface area contributed by atoms with Crippen LogP contribution in [0, 0.1) is 20.8 Å². The molecule has 1 aliphatic heterocycles. The molecular formula is C26H24N2O4. The minimum Gasteiger partial charge on any atom is -0.507 e. The Morgan fingerprint density at radius 3 is 2.28 bits per heavy atom. The summed E-state index contributed by atoms with van der Waals surface area (Å²) in [5, 5.41) is 11.3. The van der Waals surface area contributed by atoms with Gasteiger partial charge in [0.15, 0.2) is 0 Å². The normalized spacial score (nSPS) is 17.6. The van der Waals surface area contributed by atoms with Gasteiger partial charge in [0.2, 0.25) is 0 Å². The number of hydrogen-bond donors (Lipinski definition) is 1. The highest BCUT2D eigenvalue weighted by Crippen LogP contribution is 2.42. The van der Waals surface area contributed by atoms with E-state index in [1.165, 1.54) is 4.90 Å². The molecule has 1 N–H and O–H groups in total. The van der Waals surface area contributed by atoms with Gasteiger partial charge >= 0.3 is 0 Å². The van der Waals surface area contributed by atoms with E-state index < -0.39 is 17.7 Å². The Morgan fingerprint density at radius 2 is 1.66 bits per heavy atom. The standard InChI is InChI=1S/C26H24N2O4/c1-15-5-6-19(13-16(15)2)28-23(18-9-11-27-12-10-18)22(25(30)26(28)31)24(29)21-8-7-20(32-4)14-17(21)3/h5-14,23,29H,1-4H3/b24-22-. The molecule has 1 unspecified atom stereocenters. The van der Waals surface area contributed by atoms with Crippen molar-refractivity contribution in [2.45, 2.75) is 26.8 Å². The van der Waals surface area contributed by atoms with E-state index in [2.05, 4.69) is 4.98 Å². The predicted molar refractivity (Wildman–Crippen MR) is 123 cm³/mol. The monoisotopic (exact) mass is 428 g/mol. The van der Waals surface area contributed by atoms with Crippen molar-refractivity contribution in [2.24, 2.45) is 0 Å². The number of methoxy groups -OCH3 is 1. The Morgan fingerprint density at radius 1 is 0.938 bits per heavy atom. The summed E-state index contributed by atoms with van der Waals surface area (Å²) in [5.74, 6) is -0.975. The number of hydrogen-bond acceptors (Lipinski definition) is 5. The minimum absolute atomic E-state index is 0.0488. The first-order valence-electron chi connectivity index (χ1n) is 10.3. The zero-order valence-corrected chi connectivity index (χ0v) is 18.4. The topological polar surface area (TPSA) is 79.7 Å². The molecule has 0 aliphatic carbocycles. The second kappa shape index (κ2) is 8.30. The quantitative estimate of drug-likeness (QED) is 0.372. The van der Waals surface area contributed by atoms with Gasteiger partial charge in [-0.2, -0.15) is 0 Å². The Kier molecular flexibility index (Phi) is 5.53. The van der Waals surface area contributed by atoms with Crippen LogP contribution in [0.5, 0.6) is 5.75 Å². The van der Waals surface area contributed by atoms with Crippen LogP contribution >= 0.6 is 0 Å². The summed E-state index contributed by atoms with van der Waals surface area (Å²) in [7, 11) is 1.56. The molecule has 1 saturated heterocycles. The first-order chi connectivity index (χ1) is 15.3. The van der Waals surface area contributed by atoms with E-state index in [9.17, 15) is 14.7 Å². The average Bonchev–Trinajstić information content (AvgIpc) is 3.06. The van der Waals surface area contributed by atoms with Gasteiger partial charge in [-0.3, -0.25) is 19.5 Å². The summed E-state index contributed by atoms with van der Waals surface area (Å²) < 4.78 is 5.25. The number of aliphatic hydroxyl groups excluding tert-OH is 1. The summed E-state index contributed by atoms with van der Waals surface area (Å²) in [6, 6.07) is 13.5. The predicted octanol–water partition coefficient (Wildman–Crippen LogP) is 4.64. The summed E-state index contributed by atoms with van der Waals surface area (Å²) in [6.45, 7) is 5.76. The fourth-order valence-electron chi connectivity index (χ4n) is 4.01. The lowest BCUT2D eigenvalue weighted by molar-refractivity contribution is -0.132. The summed E-state index contributed by atoms with van der Waals surface area (Å²) in [4.78, 5) is 31.9. The number of anilines is 1. The second-order valence-electron chi connectivity index (χ2n) is 7.90. The van der Waals surface area contributed by atoms with Crippen molar-refractivity contribution in [3.63, 3.8) is 0 Å². The molecule has 6 heteroatoms. The Labute approximate surface area is 186 Å². The minimum atomic E-state index is -0.776. The maximum atomic E-state index is 13.2.